The molecule has 2 unspecified atom stereocenters. The summed E-state index contributed by atoms with van der Waals surface area (Å²) in [6.07, 6.45) is 3.46. The van der Waals surface area contributed by atoms with Crippen LogP contribution in [0.5, 0.6) is 0 Å². The highest BCUT2D eigenvalue weighted by molar-refractivity contribution is 7.90. The van der Waals surface area contributed by atoms with Gasteiger partial charge < -0.3 is 16.4 Å². The molecule has 1 aliphatic rings. The molecule has 1 heterocycles. The van der Waals surface area contributed by atoms with Crippen molar-refractivity contribution in [3.05, 3.63) is 0 Å². The lowest BCUT2D eigenvalue weighted by Crippen LogP contribution is -2.51. The van der Waals surface area contributed by atoms with E-state index in [1.165, 1.54) is 0 Å². The highest BCUT2D eigenvalue weighted by Gasteiger charge is 2.25. The van der Waals surface area contributed by atoms with E-state index in [-0.39, 0.29) is 18.1 Å². The molecule has 19 heavy (non-hydrogen) atoms. The maximum atomic E-state index is 11.8. The predicted molar refractivity (Wildman–Crippen MR) is 71.1 cm³/mol. The van der Waals surface area contributed by atoms with Gasteiger partial charge in [0.15, 0.2) is 0 Å². The van der Waals surface area contributed by atoms with Crippen molar-refractivity contribution in [2.24, 2.45) is 5.73 Å². The van der Waals surface area contributed by atoms with Crippen LogP contribution in [0, 0.1) is 0 Å². The number of amides is 2. The number of rotatable bonds is 5. The van der Waals surface area contributed by atoms with Gasteiger partial charge in [0, 0.05) is 12.8 Å². The molecule has 0 bridgehead atoms. The number of carbonyl (C=O) groups is 2. The molecule has 0 radical (unpaired) electrons. The largest absolute Gasteiger partial charge is 0.354 e. The van der Waals surface area contributed by atoms with Crippen LogP contribution < -0.4 is 16.4 Å². The number of nitrogens with one attached hydrogen (secondary N) is 2. The summed E-state index contributed by atoms with van der Waals surface area (Å²) in [4.78, 5) is 23.4. The van der Waals surface area contributed by atoms with E-state index < -0.39 is 27.8 Å². The highest BCUT2D eigenvalue weighted by atomic mass is 32.2. The Bertz CT molecular complexity index is 435. The average Bonchev–Trinajstić information content (AvgIpc) is 2.51. The molecule has 2 amide bonds. The van der Waals surface area contributed by atoms with Crippen molar-refractivity contribution in [1.82, 2.24) is 10.6 Å². The average molecular weight is 291 g/mol. The maximum Gasteiger partial charge on any atom is 0.242 e. The van der Waals surface area contributed by atoms with E-state index in [0.717, 1.165) is 19.1 Å². The van der Waals surface area contributed by atoms with Crippen LogP contribution in [0.25, 0.3) is 0 Å². The lowest BCUT2D eigenvalue weighted by atomic mass is 10.1. The molecular formula is C11H21N3O4S. The number of nitrogens with two attached hydrogens (primary N) is 1. The first-order chi connectivity index (χ1) is 8.79. The molecule has 7 nitrogen and oxygen atoms in total. The Hall–Kier alpha value is -1.15. The van der Waals surface area contributed by atoms with Crippen LogP contribution in [-0.4, -0.2) is 50.9 Å². The summed E-state index contributed by atoms with van der Waals surface area (Å²) in [5.74, 6) is -0.829. The number of hydrogen-bond donors (Lipinski definition) is 3. The van der Waals surface area contributed by atoms with Crippen molar-refractivity contribution in [2.75, 3.05) is 18.6 Å². The molecule has 0 aliphatic carbocycles. The van der Waals surface area contributed by atoms with Gasteiger partial charge in [-0.3, -0.25) is 9.59 Å². The number of sulfone groups is 1. The van der Waals surface area contributed by atoms with Gasteiger partial charge >= 0.3 is 0 Å². The molecule has 1 rings (SSSR count). The van der Waals surface area contributed by atoms with Crippen LogP contribution in [-0.2, 0) is 19.4 Å². The molecular weight excluding hydrogens is 270 g/mol. The van der Waals surface area contributed by atoms with Crippen LogP contribution in [0.1, 0.15) is 25.7 Å². The smallest absolute Gasteiger partial charge is 0.242 e. The molecule has 1 fully saturated rings. The first-order valence-electron chi connectivity index (χ1n) is 6.31. The van der Waals surface area contributed by atoms with E-state index in [0.29, 0.717) is 13.0 Å². The van der Waals surface area contributed by atoms with Crippen molar-refractivity contribution >= 4 is 21.7 Å². The fourth-order valence-corrected chi connectivity index (χ4v) is 2.51. The van der Waals surface area contributed by atoms with Crippen LogP contribution in [0.4, 0.5) is 0 Å². The van der Waals surface area contributed by atoms with Crippen molar-refractivity contribution in [3.8, 4) is 0 Å². The Morgan fingerprint density at radius 2 is 2.21 bits per heavy atom. The predicted octanol–water partition coefficient (Wildman–Crippen LogP) is -1.47. The molecule has 2 atom stereocenters. The summed E-state index contributed by atoms with van der Waals surface area (Å²) in [6, 6.07) is -1.48. The van der Waals surface area contributed by atoms with Gasteiger partial charge in [-0.2, -0.15) is 0 Å². The molecule has 110 valence electrons. The maximum absolute atomic E-state index is 11.8. The monoisotopic (exact) mass is 291 g/mol. The first-order valence-corrected chi connectivity index (χ1v) is 8.37. The van der Waals surface area contributed by atoms with Gasteiger partial charge in [-0.15, -0.1) is 0 Å². The topological polar surface area (TPSA) is 118 Å². The van der Waals surface area contributed by atoms with E-state index in [2.05, 4.69) is 10.6 Å². The second kappa shape index (κ2) is 6.85. The van der Waals surface area contributed by atoms with Crippen molar-refractivity contribution < 1.29 is 18.0 Å². The van der Waals surface area contributed by atoms with Gasteiger partial charge in [-0.25, -0.2) is 8.42 Å². The van der Waals surface area contributed by atoms with Gasteiger partial charge in [0.25, 0.3) is 0 Å². The molecule has 8 heteroatoms. The second-order valence-electron chi connectivity index (χ2n) is 4.87. The second-order valence-corrected chi connectivity index (χ2v) is 7.13. The zero-order chi connectivity index (χ0) is 14.5. The molecule has 0 spiro atoms. The molecule has 1 saturated heterocycles. The zero-order valence-electron chi connectivity index (χ0n) is 11.0. The number of hydrogen-bond acceptors (Lipinski definition) is 5. The third-order valence-corrected chi connectivity index (χ3v) is 3.97. The minimum Gasteiger partial charge on any atom is -0.354 e. The standard InChI is InChI=1S/C11H21N3O4S/c1-19(17,18)7-5-8(12)10(15)14-9-4-2-3-6-13-11(9)16/h8-9H,2-7,12H2,1H3,(H,13,16)(H,14,15). The zero-order valence-corrected chi connectivity index (χ0v) is 11.8. The number of carbonyl (C=O) groups excluding carboxylic acids is 2. The molecule has 4 N–H and O–H groups in total. The summed E-state index contributed by atoms with van der Waals surface area (Å²) in [7, 11) is -3.14. The van der Waals surface area contributed by atoms with E-state index in [1.54, 1.807) is 0 Å². The fraction of sp³-hybridized carbons (Fsp3) is 0.818. The van der Waals surface area contributed by atoms with Gasteiger partial charge in [0.05, 0.1) is 11.8 Å². The Morgan fingerprint density at radius 3 is 2.84 bits per heavy atom. The summed E-state index contributed by atoms with van der Waals surface area (Å²) in [5, 5.41) is 5.28. The van der Waals surface area contributed by atoms with Crippen molar-refractivity contribution in [2.45, 2.75) is 37.8 Å². The summed E-state index contributed by atoms with van der Waals surface area (Å²) < 4.78 is 22.0. The Kier molecular flexibility index (Phi) is 5.74. The van der Waals surface area contributed by atoms with Crippen molar-refractivity contribution in [3.63, 3.8) is 0 Å². The molecule has 0 aromatic carbocycles. The molecule has 0 aromatic heterocycles. The van der Waals surface area contributed by atoms with E-state index in [9.17, 15) is 18.0 Å². The normalized spacial score (nSPS) is 22.2. The third kappa shape index (κ3) is 6.02. The van der Waals surface area contributed by atoms with Gasteiger partial charge in [-0.1, -0.05) is 0 Å². The third-order valence-electron chi connectivity index (χ3n) is 2.99. The summed E-state index contributed by atoms with van der Waals surface area (Å²) >= 11 is 0. The van der Waals surface area contributed by atoms with E-state index in [1.807, 2.05) is 0 Å². The van der Waals surface area contributed by atoms with Crippen LogP contribution in [0.15, 0.2) is 0 Å². The lowest BCUT2D eigenvalue weighted by Gasteiger charge is -2.18. The van der Waals surface area contributed by atoms with Crippen LogP contribution in [0.3, 0.4) is 0 Å². The van der Waals surface area contributed by atoms with Crippen molar-refractivity contribution in [1.29, 1.82) is 0 Å². The van der Waals surface area contributed by atoms with Gasteiger partial charge in [0.1, 0.15) is 15.9 Å². The Balaban J connectivity index is 2.46. The highest BCUT2D eigenvalue weighted by Crippen LogP contribution is 2.06. The lowest BCUT2D eigenvalue weighted by molar-refractivity contribution is -0.129. The van der Waals surface area contributed by atoms with Gasteiger partial charge in [0.2, 0.25) is 11.8 Å². The Morgan fingerprint density at radius 1 is 1.53 bits per heavy atom. The molecule has 0 saturated carbocycles. The molecule has 1 aliphatic heterocycles. The SMILES string of the molecule is CS(=O)(=O)CCC(N)C(=O)NC1CCCCNC1=O. The van der Waals surface area contributed by atoms with Crippen LogP contribution >= 0.6 is 0 Å². The Labute approximate surface area is 113 Å². The van der Waals surface area contributed by atoms with Gasteiger partial charge in [-0.05, 0) is 25.7 Å². The van der Waals surface area contributed by atoms with E-state index >= 15 is 0 Å². The summed E-state index contributed by atoms with van der Waals surface area (Å²) in [6.45, 7) is 0.616. The summed E-state index contributed by atoms with van der Waals surface area (Å²) in [5.41, 5.74) is 5.62. The first kappa shape index (κ1) is 15.9. The van der Waals surface area contributed by atoms with E-state index in [4.69, 9.17) is 5.73 Å². The van der Waals surface area contributed by atoms with Crippen LogP contribution in [0.2, 0.25) is 0 Å². The minimum absolute atomic E-state index is 0.0546. The molecule has 0 aromatic rings. The quantitative estimate of drug-likeness (QED) is 0.571. The fourth-order valence-electron chi connectivity index (χ4n) is 1.83. The minimum atomic E-state index is -3.14.